The Kier molecular flexibility index (Phi) is 10.6. The Morgan fingerprint density at radius 3 is 2.20 bits per heavy atom. The standard InChI is InChI=1S/C30H32Cl3N3O4S/c1-2-27(30(38)34-24-8-6-7-9-24)35(19-21-12-14-22(31)15-13-21)29(37)20-36(28-18-23(32)16-17-26(28)33)41(39,40)25-10-4-3-5-11-25/h3-5,10-18,24,27H,2,6-9,19-20H2,1H3,(H,34,38)/t27-/m0/s1. The molecule has 4 rings (SSSR count). The number of amides is 2. The normalized spacial score (nSPS) is 14.4. The Morgan fingerprint density at radius 1 is 0.927 bits per heavy atom. The van der Waals surface area contributed by atoms with Crippen LogP contribution in [-0.2, 0) is 26.2 Å². The molecule has 0 unspecified atom stereocenters. The van der Waals surface area contributed by atoms with Crippen molar-refractivity contribution in [2.45, 2.75) is 62.6 Å². The molecule has 1 aliphatic carbocycles. The third-order valence-electron chi connectivity index (χ3n) is 7.14. The van der Waals surface area contributed by atoms with Gasteiger partial charge in [-0.15, -0.1) is 0 Å². The van der Waals surface area contributed by atoms with Gasteiger partial charge in [0.15, 0.2) is 0 Å². The van der Waals surface area contributed by atoms with Crippen molar-refractivity contribution >= 4 is 62.3 Å². The lowest BCUT2D eigenvalue weighted by Crippen LogP contribution is -2.53. The molecule has 0 heterocycles. The van der Waals surface area contributed by atoms with E-state index >= 15 is 0 Å². The fourth-order valence-electron chi connectivity index (χ4n) is 4.98. The molecule has 2 amide bonds. The minimum absolute atomic E-state index is 0.0147. The van der Waals surface area contributed by atoms with Crippen molar-refractivity contribution < 1.29 is 18.0 Å². The van der Waals surface area contributed by atoms with Crippen LogP contribution in [0.15, 0.2) is 77.7 Å². The molecule has 3 aromatic carbocycles. The summed E-state index contributed by atoms with van der Waals surface area (Å²) in [5, 5.41) is 3.99. The number of nitrogens with one attached hydrogen (secondary N) is 1. The average molecular weight is 637 g/mol. The minimum Gasteiger partial charge on any atom is -0.352 e. The molecule has 218 valence electrons. The van der Waals surface area contributed by atoms with Crippen LogP contribution in [0.1, 0.15) is 44.6 Å². The molecule has 1 N–H and O–H groups in total. The summed E-state index contributed by atoms with van der Waals surface area (Å²) in [7, 11) is -4.25. The zero-order valence-electron chi connectivity index (χ0n) is 22.6. The molecule has 11 heteroatoms. The molecule has 1 aliphatic rings. The maximum absolute atomic E-state index is 14.2. The van der Waals surface area contributed by atoms with Crippen LogP contribution < -0.4 is 9.62 Å². The van der Waals surface area contributed by atoms with Crippen molar-refractivity contribution in [1.29, 1.82) is 0 Å². The molecule has 1 saturated carbocycles. The van der Waals surface area contributed by atoms with Crippen molar-refractivity contribution in [2.24, 2.45) is 0 Å². The SMILES string of the molecule is CC[C@@H](C(=O)NC1CCCC1)N(Cc1ccc(Cl)cc1)C(=O)CN(c1cc(Cl)ccc1Cl)S(=O)(=O)c1ccccc1. The van der Waals surface area contributed by atoms with Crippen LogP contribution in [0.3, 0.4) is 0 Å². The van der Waals surface area contributed by atoms with Crippen molar-refractivity contribution in [2.75, 3.05) is 10.8 Å². The summed E-state index contributed by atoms with van der Waals surface area (Å²) in [6, 6.07) is 18.4. The Balaban J connectivity index is 1.73. The van der Waals surface area contributed by atoms with Crippen LogP contribution in [-0.4, -0.2) is 43.8 Å². The van der Waals surface area contributed by atoms with Gasteiger partial charge >= 0.3 is 0 Å². The molecule has 41 heavy (non-hydrogen) atoms. The van der Waals surface area contributed by atoms with E-state index in [-0.39, 0.29) is 39.1 Å². The third-order valence-corrected chi connectivity index (χ3v) is 9.72. The number of anilines is 1. The topological polar surface area (TPSA) is 86.8 Å². The van der Waals surface area contributed by atoms with Crippen LogP contribution in [0.5, 0.6) is 0 Å². The predicted molar refractivity (Wildman–Crippen MR) is 164 cm³/mol. The van der Waals surface area contributed by atoms with Gasteiger partial charge in [-0.05, 0) is 67.3 Å². The van der Waals surface area contributed by atoms with E-state index in [4.69, 9.17) is 34.8 Å². The number of nitrogens with zero attached hydrogens (tertiary/aromatic N) is 2. The second-order valence-corrected chi connectivity index (χ2v) is 13.1. The summed E-state index contributed by atoms with van der Waals surface area (Å²) >= 11 is 18.8. The van der Waals surface area contributed by atoms with Gasteiger partial charge in [-0.3, -0.25) is 13.9 Å². The van der Waals surface area contributed by atoms with E-state index in [1.165, 1.54) is 35.2 Å². The molecule has 0 aromatic heterocycles. The quantitative estimate of drug-likeness (QED) is 0.254. The van der Waals surface area contributed by atoms with Gasteiger partial charge in [-0.1, -0.05) is 84.9 Å². The lowest BCUT2D eigenvalue weighted by molar-refractivity contribution is -0.140. The molecule has 0 spiro atoms. The number of benzene rings is 3. The highest BCUT2D eigenvalue weighted by molar-refractivity contribution is 7.92. The number of hydrogen-bond donors (Lipinski definition) is 1. The largest absolute Gasteiger partial charge is 0.352 e. The number of halogens is 3. The predicted octanol–water partition coefficient (Wildman–Crippen LogP) is 6.71. The maximum Gasteiger partial charge on any atom is 0.264 e. The van der Waals surface area contributed by atoms with E-state index < -0.39 is 28.5 Å². The number of carbonyl (C=O) groups is 2. The summed E-state index contributed by atoms with van der Waals surface area (Å²) in [6.45, 7) is 1.31. The van der Waals surface area contributed by atoms with E-state index in [0.717, 1.165) is 35.6 Å². The van der Waals surface area contributed by atoms with E-state index in [2.05, 4.69) is 5.32 Å². The monoisotopic (exact) mass is 635 g/mol. The van der Waals surface area contributed by atoms with Crippen LogP contribution in [0.4, 0.5) is 5.69 Å². The minimum atomic E-state index is -4.25. The second-order valence-electron chi connectivity index (χ2n) is 9.98. The van der Waals surface area contributed by atoms with Gasteiger partial charge in [-0.2, -0.15) is 0 Å². The fourth-order valence-corrected chi connectivity index (χ4v) is 6.99. The van der Waals surface area contributed by atoms with E-state index in [9.17, 15) is 18.0 Å². The number of rotatable bonds is 11. The Bertz CT molecular complexity index is 1460. The maximum atomic E-state index is 14.2. The first-order valence-electron chi connectivity index (χ1n) is 13.5. The molecule has 1 atom stereocenters. The lowest BCUT2D eigenvalue weighted by atomic mass is 10.1. The summed E-state index contributed by atoms with van der Waals surface area (Å²) in [5.74, 6) is -0.830. The summed E-state index contributed by atoms with van der Waals surface area (Å²) in [5.41, 5.74) is 0.805. The summed E-state index contributed by atoms with van der Waals surface area (Å²) in [4.78, 5) is 29.1. The van der Waals surface area contributed by atoms with E-state index in [1.807, 2.05) is 6.92 Å². The van der Waals surface area contributed by atoms with Crippen molar-refractivity contribution in [1.82, 2.24) is 10.2 Å². The molecular weight excluding hydrogens is 605 g/mol. The molecule has 3 aromatic rings. The zero-order chi connectivity index (χ0) is 29.6. The van der Waals surface area contributed by atoms with Gasteiger partial charge in [0.1, 0.15) is 12.6 Å². The molecule has 7 nitrogen and oxygen atoms in total. The van der Waals surface area contributed by atoms with Gasteiger partial charge in [0.2, 0.25) is 11.8 Å². The first-order chi connectivity index (χ1) is 19.6. The average Bonchev–Trinajstić information content (AvgIpc) is 3.47. The smallest absolute Gasteiger partial charge is 0.264 e. The first kappa shape index (κ1) is 31.2. The summed E-state index contributed by atoms with van der Waals surface area (Å²) in [6.07, 6.45) is 4.21. The molecule has 1 fully saturated rings. The number of sulfonamides is 1. The molecule has 0 saturated heterocycles. The Morgan fingerprint density at radius 2 is 1.56 bits per heavy atom. The van der Waals surface area contributed by atoms with E-state index in [0.29, 0.717) is 11.4 Å². The van der Waals surface area contributed by atoms with Crippen LogP contribution in [0.2, 0.25) is 15.1 Å². The Labute approximate surface area is 256 Å². The van der Waals surface area contributed by atoms with Gasteiger partial charge < -0.3 is 10.2 Å². The third kappa shape index (κ3) is 7.74. The molecule has 0 radical (unpaired) electrons. The molecule has 0 aliphatic heterocycles. The number of carbonyl (C=O) groups excluding carboxylic acids is 2. The van der Waals surface area contributed by atoms with Crippen molar-refractivity contribution in [3.63, 3.8) is 0 Å². The van der Waals surface area contributed by atoms with Crippen LogP contribution >= 0.6 is 34.8 Å². The van der Waals surface area contributed by atoms with Gasteiger partial charge in [0.05, 0.1) is 15.6 Å². The highest BCUT2D eigenvalue weighted by atomic mass is 35.5. The van der Waals surface area contributed by atoms with Crippen molar-refractivity contribution in [3.05, 3.63) is 93.4 Å². The van der Waals surface area contributed by atoms with E-state index in [1.54, 1.807) is 42.5 Å². The van der Waals surface area contributed by atoms with Gasteiger partial charge in [-0.25, -0.2) is 8.42 Å². The first-order valence-corrected chi connectivity index (χ1v) is 16.0. The highest BCUT2D eigenvalue weighted by Crippen LogP contribution is 2.33. The second kappa shape index (κ2) is 13.9. The zero-order valence-corrected chi connectivity index (χ0v) is 25.7. The molecule has 0 bridgehead atoms. The summed E-state index contributed by atoms with van der Waals surface area (Å²) < 4.78 is 28.8. The van der Waals surface area contributed by atoms with Gasteiger partial charge in [0.25, 0.3) is 10.0 Å². The van der Waals surface area contributed by atoms with Crippen LogP contribution in [0.25, 0.3) is 0 Å². The van der Waals surface area contributed by atoms with Crippen molar-refractivity contribution in [3.8, 4) is 0 Å². The highest BCUT2D eigenvalue weighted by Gasteiger charge is 2.35. The number of hydrogen-bond acceptors (Lipinski definition) is 4. The lowest BCUT2D eigenvalue weighted by Gasteiger charge is -2.34. The Hall–Kier alpha value is -2.78. The fraction of sp³-hybridized carbons (Fsp3) is 0.333. The van der Waals surface area contributed by atoms with Gasteiger partial charge in [0, 0.05) is 22.6 Å². The molecular formula is C30H32Cl3N3O4S. The van der Waals surface area contributed by atoms with Crippen LogP contribution in [0, 0.1) is 0 Å².